The molecule has 2 atom stereocenters. The Hall–Kier alpha value is -6.66. The molecule has 248 valence electrons. The van der Waals surface area contributed by atoms with E-state index in [0.717, 1.165) is 35.1 Å². The van der Waals surface area contributed by atoms with E-state index in [1.807, 2.05) is 66.8 Å². The molecule has 4 aliphatic carbocycles. The van der Waals surface area contributed by atoms with Gasteiger partial charge in [-0.25, -0.2) is 9.80 Å². The molecule has 0 aromatic heterocycles. The van der Waals surface area contributed by atoms with Crippen molar-refractivity contribution in [2.24, 2.45) is 5.92 Å². The predicted molar refractivity (Wildman–Crippen MR) is 203 cm³/mol. The van der Waals surface area contributed by atoms with Crippen molar-refractivity contribution in [3.8, 4) is 0 Å². The zero-order valence-corrected chi connectivity index (χ0v) is 28.0. The lowest BCUT2D eigenvalue weighted by molar-refractivity contribution is 0.0873. The fraction of sp³-hybridized carbons (Fsp3) is 0.0870. The number of hydrogen-bond donors (Lipinski definition) is 0. The number of amides is 4. The molecule has 4 aromatic carbocycles. The summed E-state index contributed by atoms with van der Waals surface area (Å²) >= 11 is 0. The molecule has 2 heterocycles. The number of anilines is 2. The number of carbonyl (C=O) groups excluding carboxylic acids is 4. The Bertz CT molecular complexity index is 2550. The molecule has 6 aliphatic rings. The minimum absolute atomic E-state index is 0.0408. The number of rotatable bonds is 6. The topological polar surface area (TPSA) is 74.8 Å². The van der Waals surface area contributed by atoms with Crippen molar-refractivity contribution in [3.05, 3.63) is 196 Å². The van der Waals surface area contributed by atoms with Gasteiger partial charge in [0.05, 0.1) is 11.4 Å². The molecule has 0 spiro atoms. The summed E-state index contributed by atoms with van der Waals surface area (Å²) in [5.41, 5.74) is 8.40. The van der Waals surface area contributed by atoms with E-state index in [9.17, 15) is 19.2 Å². The normalized spacial score (nSPS) is 21.2. The lowest BCUT2D eigenvalue weighted by Gasteiger charge is -2.33. The van der Waals surface area contributed by atoms with Gasteiger partial charge in [-0.15, -0.1) is 0 Å². The first-order valence-corrected chi connectivity index (χ1v) is 17.6. The van der Waals surface area contributed by atoms with E-state index in [1.54, 1.807) is 30.3 Å². The third-order valence-electron chi connectivity index (χ3n) is 11.0. The number of allylic oxidation sites excluding steroid dienone is 16. The van der Waals surface area contributed by atoms with Crippen LogP contribution in [0.3, 0.4) is 0 Å². The van der Waals surface area contributed by atoms with Gasteiger partial charge in [0, 0.05) is 50.4 Å². The van der Waals surface area contributed by atoms with Crippen molar-refractivity contribution in [2.75, 3.05) is 9.80 Å². The van der Waals surface area contributed by atoms with Gasteiger partial charge in [0.15, 0.2) is 0 Å². The number of imide groups is 2. The minimum atomic E-state index is -0.491. The quantitative estimate of drug-likeness (QED) is 0.191. The second kappa shape index (κ2) is 11.4. The van der Waals surface area contributed by atoms with Crippen LogP contribution in [0.4, 0.5) is 11.4 Å². The zero-order chi connectivity index (χ0) is 35.1. The number of para-hydroxylation sites is 2. The fourth-order valence-electron chi connectivity index (χ4n) is 8.65. The van der Waals surface area contributed by atoms with Crippen LogP contribution in [0.2, 0.25) is 0 Å². The van der Waals surface area contributed by atoms with Gasteiger partial charge in [-0.1, -0.05) is 115 Å². The number of hydrogen-bond acceptors (Lipinski definition) is 4. The van der Waals surface area contributed by atoms with E-state index in [4.69, 9.17) is 0 Å². The zero-order valence-electron chi connectivity index (χ0n) is 28.0. The minimum Gasteiger partial charge on any atom is -0.268 e. The molecule has 4 aromatic rings. The largest absolute Gasteiger partial charge is 0.268 e. The van der Waals surface area contributed by atoms with E-state index in [0.29, 0.717) is 22.1 Å². The van der Waals surface area contributed by atoms with Crippen molar-refractivity contribution in [1.82, 2.24) is 0 Å². The molecule has 0 bridgehead atoms. The first-order chi connectivity index (χ1) is 25.5. The third-order valence-corrected chi connectivity index (χ3v) is 11.0. The molecule has 6 heteroatoms. The Kier molecular flexibility index (Phi) is 6.64. The molecule has 0 saturated heterocycles. The highest BCUT2D eigenvalue weighted by Crippen LogP contribution is 2.46. The highest BCUT2D eigenvalue weighted by molar-refractivity contribution is 6.42. The summed E-state index contributed by atoms with van der Waals surface area (Å²) in [4.78, 5) is 60.4. The van der Waals surface area contributed by atoms with E-state index < -0.39 is 23.6 Å². The van der Waals surface area contributed by atoms with Gasteiger partial charge < -0.3 is 0 Å². The summed E-state index contributed by atoms with van der Waals surface area (Å²) in [5, 5.41) is 0.695. The molecule has 2 aliphatic heterocycles. The molecule has 6 nitrogen and oxygen atoms in total. The van der Waals surface area contributed by atoms with E-state index in [1.165, 1.54) is 20.9 Å². The number of nitrogens with zero attached hydrogens (tertiary/aromatic N) is 2. The Balaban J connectivity index is 1.05. The summed E-state index contributed by atoms with van der Waals surface area (Å²) in [6, 6.07) is 21.5. The van der Waals surface area contributed by atoms with Crippen LogP contribution in [0.1, 0.15) is 71.3 Å². The SMILES string of the molecule is O=C1c2ccc3c4c(ccc(c24)C(=O)N1c1ccccc1C1=CC=CC1C1=CC=CC1)C(=O)N(c1ccccc1C1C=CC=C1C1=CC=CC1)C3=O. The first kappa shape index (κ1) is 30.2. The summed E-state index contributed by atoms with van der Waals surface area (Å²) in [6.07, 6.45) is 26.7. The van der Waals surface area contributed by atoms with Crippen LogP contribution >= 0.6 is 0 Å². The summed E-state index contributed by atoms with van der Waals surface area (Å²) in [5.74, 6) is -2.04. The maximum absolute atomic E-state index is 14.5. The Morgan fingerprint density at radius 2 is 1.00 bits per heavy atom. The highest BCUT2D eigenvalue weighted by atomic mass is 16.2. The average Bonchev–Trinajstić information content (AvgIpc) is 4.01. The van der Waals surface area contributed by atoms with E-state index in [2.05, 4.69) is 48.6 Å². The highest BCUT2D eigenvalue weighted by Gasteiger charge is 2.42. The van der Waals surface area contributed by atoms with Crippen molar-refractivity contribution >= 4 is 51.3 Å². The van der Waals surface area contributed by atoms with Gasteiger partial charge in [-0.3, -0.25) is 19.2 Å². The average molecular weight is 675 g/mol. The molecular weight excluding hydrogens is 645 g/mol. The van der Waals surface area contributed by atoms with E-state index >= 15 is 0 Å². The number of carbonyl (C=O) groups is 4. The molecule has 4 amide bonds. The number of benzene rings is 4. The van der Waals surface area contributed by atoms with Crippen LogP contribution in [0.5, 0.6) is 0 Å². The van der Waals surface area contributed by atoms with Crippen molar-refractivity contribution in [1.29, 1.82) is 0 Å². The van der Waals surface area contributed by atoms with Crippen molar-refractivity contribution in [3.63, 3.8) is 0 Å². The molecule has 10 rings (SSSR count). The molecule has 2 unspecified atom stereocenters. The van der Waals surface area contributed by atoms with Crippen LogP contribution in [0.15, 0.2) is 162 Å². The summed E-state index contributed by atoms with van der Waals surface area (Å²) in [6.45, 7) is 0. The third kappa shape index (κ3) is 4.24. The van der Waals surface area contributed by atoms with E-state index in [-0.39, 0.29) is 34.1 Å². The summed E-state index contributed by atoms with van der Waals surface area (Å²) < 4.78 is 0. The smallest absolute Gasteiger partial charge is 0.266 e. The molecular formula is C46H30N2O4. The van der Waals surface area contributed by atoms with Crippen LogP contribution in [-0.4, -0.2) is 23.6 Å². The van der Waals surface area contributed by atoms with Gasteiger partial charge >= 0.3 is 0 Å². The van der Waals surface area contributed by atoms with Gasteiger partial charge in [-0.2, -0.15) is 0 Å². The molecule has 52 heavy (non-hydrogen) atoms. The molecule has 0 saturated carbocycles. The van der Waals surface area contributed by atoms with Crippen LogP contribution in [0, 0.1) is 5.92 Å². The van der Waals surface area contributed by atoms with Crippen LogP contribution in [-0.2, 0) is 0 Å². The Morgan fingerprint density at radius 3 is 1.62 bits per heavy atom. The van der Waals surface area contributed by atoms with Gasteiger partial charge in [-0.05, 0) is 71.5 Å². The van der Waals surface area contributed by atoms with Gasteiger partial charge in [0.2, 0.25) is 0 Å². The second-order valence-corrected chi connectivity index (χ2v) is 13.7. The standard InChI is InChI=1S/C46H30N2O4/c49-43-35-23-25-37-42-38(46(52)48(45(37)51)40-22-8-6-16-34(40)32-20-10-18-30(32)28-13-3-4-14-28)26-24-36(41(35)42)44(50)47(43)39-21-7-5-15-33(39)31-19-9-17-29(31)27-11-1-2-12-27/h1-11,13,15-26,29,32H,12,14H2. The molecule has 0 radical (unpaired) electrons. The lowest BCUT2D eigenvalue weighted by atomic mass is 9.83. The maximum Gasteiger partial charge on any atom is 0.266 e. The lowest BCUT2D eigenvalue weighted by Crippen LogP contribution is -2.44. The van der Waals surface area contributed by atoms with Crippen LogP contribution < -0.4 is 9.80 Å². The van der Waals surface area contributed by atoms with Gasteiger partial charge in [0.25, 0.3) is 23.6 Å². The maximum atomic E-state index is 14.5. The Labute approximate surface area is 300 Å². The fourth-order valence-corrected chi connectivity index (χ4v) is 8.65. The predicted octanol–water partition coefficient (Wildman–Crippen LogP) is 9.36. The summed E-state index contributed by atoms with van der Waals surface area (Å²) in [7, 11) is 0. The molecule has 0 N–H and O–H groups in total. The Morgan fingerprint density at radius 1 is 0.462 bits per heavy atom. The van der Waals surface area contributed by atoms with Crippen molar-refractivity contribution in [2.45, 2.75) is 18.8 Å². The second-order valence-electron chi connectivity index (χ2n) is 13.7. The first-order valence-electron chi connectivity index (χ1n) is 17.6. The van der Waals surface area contributed by atoms with Crippen molar-refractivity contribution < 1.29 is 19.2 Å². The van der Waals surface area contributed by atoms with Crippen LogP contribution in [0.25, 0.3) is 16.3 Å². The monoisotopic (exact) mass is 674 g/mol. The van der Waals surface area contributed by atoms with Gasteiger partial charge in [0.1, 0.15) is 0 Å². The molecule has 0 fully saturated rings.